The monoisotopic (exact) mass is 1220 g/mol. The van der Waals surface area contributed by atoms with E-state index >= 15 is 0 Å². The normalized spacial score (nSPS) is 13.0. The summed E-state index contributed by atoms with van der Waals surface area (Å²) in [7, 11) is 5.94. The largest absolute Gasteiger partial charge is 0.545 e. The number of carboxylic acids is 1. The zero-order valence-electron chi connectivity index (χ0n) is 58.2. The zero-order chi connectivity index (χ0) is 63.3. The van der Waals surface area contributed by atoms with Crippen molar-refractivity contribution in [2.45, 2.75) is 373 Å². The first-order valence-electron chi connectivity index (χ1n) is 37.4. The Hall–Kier alpha value is -3.01. The number of hydrogen-bond donors (Lipinski definition) is 0. The number of unbranched alkanes of at least 4 members (excludes halogenated alkanes) is 45. The lowest BCUT2D eigenvalue weighted by Gasteiger charge is -2.26. The van der Waals surface area contributed by atoms with Crippen molar-refractivity contribution in [3.05, 3.63) is 60.8 Å². The molecule has 0 aliphatic heterocycles. The lowest BCUT2D eigenvalue weighted by molar-refractivity contribution is -0.870. The molecule has 0 amide bonds. The molecule has 0 N–H and O–H groups in total. The topological polar surface area (TPSA) is 111 Å². The molecule has 9 nitrogen and oxygen atoms in total. The van der Waals surface area contributed by atoms with Gasteiger partial charge >= 0.3 is 11.9 Å². The number of rotatable bonds is 70. The molecule has 0 aliphatic carbocycles. The van der Waals surface area contributed by atoms with E-state index in [-0.39, 0.29) is 32.2 Å². The third-order valence-corrected chi connectivity index (χ3v) is 16.7. The molecule has 508 valence electrons. The molecule has 0 rings (SSSR count). The highest BCUT2D eigenvalue weighted by atomic mass is 16.7. The second-order valence-corrected chi connectivity index (χ2v) is 26.6. The van der Waals surface area contributed by atoms with E-state index in [0.717, 1.165) is 64.2 Å². The molecular weight excluding hydrogens is 1080 g/mol. The number of ether oxygens (including phenoxy) is 4. The van der Waals surface area contributed by atoms with Gasteiger partial charge in [-0.15, -0.1) is 0 Å². The van der Waals surface area contributed by atoms with Crippen LogP contribution in [0.4, 0.5) is 0 Å². The van der Waals surface area contributed by atoms with Gasteiger partial charge in [-0.3, -0.25) is 9.59 Å². The second kappa shape index (κ2) is 68.9. The molecule has 0 radical (unpaired) electrons. The van der Waals surface area contributed by atoms with Crippen LogP contribution in [0, 0.1) is 0 Å². The molecule has 0 spiro atoms. The highest BCUT2D eigenvalue weighted by Gasteiger charge is 2.22. The Balaban J connectivity index is 3.97. The smallest absolute Gasteiger partial charge is 0.306 e. The molecule has 0 aromatic rings. The van der Waals surface area contributed by atoms with Crippen LogP contribution in [0.15, 0.2) is 60.8 Å². The minimum Gasteiger partial charge on any atom is -0.545 e. The van der Waals surface area contributed by atoms with Crippen molar-refractivity contribution in [3.63, 3.8) is 0 Å². The molecule has 0 heterocycles. The van der Waals surface area contributed by atoms with Crippen molar-refractivity contribution in [3.8, 4) is 0 Å². The lowest BCUT2D eigenvalue weighted by atomic mass is 10.0. The molecule has 0 saturated heterocycles. The van der Waals surface area contributed by atoms with Crippen molar-refractivity contribution >= 4 is 17.9 Å². The van der Waals surface area contributed by atoms with E-state index in [0.29, 0.717) is 17.4 Å². The van der Waals surface area contributed by atoms with Crippen molar-refractivity contribution in [1.82, 2.24) is 0 Å². The number of carboxylic acid groups (broad SMARTS) is 1. The fraction of sp³-hybridized carbons (Fsp3) is 0.833. The highest BCUT2D eigenvalue weighted by molar-refractivity contribution is 5.70. The molecule has 87 heavy (non-hydrogen) atoms. The number of carbonyl (C=O) groups excluding carboxylic acids is 3. The minimum atomic E-state index is -1.62. The van der Waals surface area contributed by atoms with Crippen LogP contribution in [0.2, 0.25) is 0 Å². The quantitative estimate of drug-likeness (QED) is 0.0195. The Kier molecular flexibility index (Phi) is 66.5. The van der Waals surface area contributed by atoms with Gasteiger partial charge in [0.1, 0.15) is 13.2 Å². The number of aliphatic carboxylic acids is 1. The van der Waals surface area contributed by atoms with Crippen LogP contribution in [-0.2, 0) is 33.3 Å². The Morgan fingerprint density at radius 2 is 0.655 bits per heavy atom. The van der Waals surface area contributed by atoms with E-state index in [1.807, 2.05) is 21.1 Å². The van der Waals surface area contributed by atoms with Crippen molar-refractivity contribution in [1.29, 1.82) is 0 Å². The SMILES string of the molecule is CC/C=C\C/C=C\C/C=C\C/C=C\CCCCCCCCCCCCCCCCCCCCCCCCCCCCC(=O)OC(COC(=O)CCCCCCCCCCCCC/C=C\CCCCCCCCCC)COC(OCC[N+](C)(C)C)C(=O)[O-]. The standard InChI is InChI=1S/C78H143NO8/c1-6-8-10-12-14-16-18-20-22-24-26-28-30-31-32-33-34-35-36-37-38-39-40-41-42-43-44-45-47-49-51-53-55-57-59-61-63-65-67-69-76(81)87-74(73-86-78(77(82)83)84-71-70-79(3,4)5)72-85-75(80)68-66-64-62-60-58-56-54-52-50-48-46-29-27-25-23-21-19-17-15-13-11-9-7-2/h8,10,14,16,20,22,25-28,74,78H,6-7,9,11-13,15,17-19,21,23-24,29-73H2,1-5H3/b10-8-,16-14-,22-20-,27-25-,28-26-. The van der Waals surface area contributed by atoms with E-state index in [1.165, 1.54) is 270 Å². The summed E-state index contributed by atoms with van der Waals surface area (Å²) in [6.45, 7) is 4.69. The molecule has 9 heteroatoms. The van der Waals surface area contributed by atoms with Gasteiger partial charge in [-0.25, -0.2) is 0 Å². The number of allylic oxidation sites excluding steroid dienone is 10. The molecule has 2 atom stereocenters. The molecule has 0 aromatic carbocycles. The summed E-state index contributed by atoms with van der Waals surface area (Å²) in [5.41, 5.74) is 0. The van der Waals surface area contributed by atoms with E-state index in [4.69, 9.17) is 18.9 Å². The summed E-state index contributed by atoms with van der Waals surface area (Å²) in [5.74, 6) is -2.26. The van der Waals surface area contributed by atoms with Gasteiger partial charge < -0.3 is 33.3 Å². The van der Waals surface area contributed by atoms with Gasteiger partial charge in [0.05, 0.1) is 40.3 Å². The number of carbonyl (C=O) groups is 3. The average molecular weight is 1220 g/mol. The van der Waals surface area contributed by atoms with E-state index < -0.39 is 24.3 Å². The van der Waals surface area contributed by atoms with Crippen molar-refractivity contribution in [2.24, 2.45) is 0 Å². The van der Waals surface area contributed by atoms with Crippen molar-refractivity contribution < 1.29 is 42.9 Å². The van der Waals surface area contributed by atoms with Gasteiger partial charge in [-0.05, 0) is 77.0 Å². The maximum absolute atomic E-state index is 12.9. The van der Waals surface area contributed by atoms with Crippen LogP contribution < -0.4 is 5.11 Å². The number of likely N-dealkylation sites (N-methyl/N-ethyl adjacent to an activating group) is 1. The number of esters is 2. The van der Waals surface area contributed by atoms with Crippen molar-refractivity contribution in [2.75, 3.05) is 47.5 Å². The number of quaternary nitrogens is 1. The summed E-state index contributed by atoms with van der Waals surface area (Å²) in [6, 6.07) is 0. The average Bonchev–Trinajstić information content (AvgIpc) is 3.55. The van der Waals surface area contributed by atoms with E-state index in [9.17, 15) is 19.5 Å². The third-order valence-electron chi connectivity index (χ3n) is 16.7. The first kappa shape index (κ1) is 84.0. The summed E-state index contributed by atoms with van der Waals surface area (Å²) < 4.78 is 22.8. The van der Waals surface area contributed by atoms with Crippen LogP contribution in [0.3, 0.4) is 0 Å². The third kappa shape index (κ3) is 70.3. The van der Waals surface area contributed by atoms with Crippen LogP contribution in [0.1, 0.15) is 361 Å². The summed E-state index contributed by atoms with van der Waals surface area (Å²) in [6.07, 6.45) is 87.6. The van der Waals surface area contributed by atoms with E-state index in [2.05, 4.69) is 74.6 Å². The number of nitrogens with zero attached hydrogens (tertiary/aromatic N) is 1. The molecule has 0 aliphatic rings. The van der Waals surface area contributed by atoms with Crippen LogP contribution >= 0.6 is 0 Å². The molecule has 0 aromatic heterocycles. The maximum Gasteiger partial charge on any atom is 0.306 e. The molecule has 0 saturated carbocycles. The molecule has 2 unspecified atom stereocenters. The van der Waals surface area contributed by atoms with Crippen LogP contribution in [-0.4, -0.2) is 82.3 Å². The summed E-state index contributed by atoms with van der Waals surface area (Å²) >= 11 is 0. The Bertz CT molecular complexity index is 1610. The summed E-state index contributed by atoms with van der Waals surface area (Å²) in [4.78, 5) is 37.5. The van der Waals surface area contributed by atoms with Gasteiger partial charge in [0.2, 0.25) is 0 Å². The zero-order valence-corrected chi connectivity index (χ0v) is 58.2. The second-order valence-electron chi connectivity index (χ2n) is 26.6. The predicted molar refractivity (Wildman–Crippen MR) is 371 cm³/mol. The Morgan fingerprint density at radius 3 is 0.989 bits per heavy atom. The highest BCUT2D eigenvalue weighted by Crippen LogP contribution is 2.19. The Labute approximate surface area is 539 Å². The molecule has 0 fully saturated rings. The van der Waals surface area contributed by atoms with Crippen LogP contribution in [0.5, 0.6) is 0 Å². The van der Waals surface area contributed by atoms with Gasteiger partial charge in [0.15, 0.2) is 12.4 Å². The van der Waals surface area contributed by atoms with Crippen LogP contribution in [0.25, 0.3) is 0 Å². The van der Waals surface area contributed by atoms with Gasteiger partial charge in [-0.2, -0.15) is 0 Å². The Morgan fingerprint density at radius 1 is 0.356 bits per heavy atom. The fourth-order valence-electron chi connectivity index (χ4n) is 11.1. The fourth-order valence-corrected chi connectivity index (χ4v) is 11.1. The van der Waals surface area contributed by atoms with E-state index in [1.54, 1.807) is 0 Å². The van der Waals surface area contributed by atoms with Gasteiger partial charge in [0, 0.05) is 12.8 Å². The van der Waals surface area contributed by atoms with Gasteiger partial charge in [-0.1, -0.05) is 331 Å². The lowest BCUT2D eigenvalue weighted by Crippen LogP contribution is -2.44. The first-order chi connectivity index (χ1) is 42.6. The first-order valence-corrected chi connectivity index (χ1v) is 37.4. The maximum atomic E-state index is 12.9. The minimum absolute atomic E-state index is 0.150. The predicted octanol–water partition coefficient (Wildman–Crippen LogP) is 22.1. The number of hydrogen-bond acceptors (Lipinski definition) is 8. The molecular formula is C78H143NO8. The molecule has 0 bridgehead atoms. The van der Waals surface area contributed by atoms with Gasteiger partial charge in [0.25, 0.3) is 0 Å². The summed E-state index contributed by atoms with van der Waals surface area (Å²) in [5, 5.41) is 11.8.